The zero-order valence-electron chi connectivity index (χ0n) is 26.9. The summed E-state index contributed by atoms with van der Waals surface area (Å²) in [6, 6.07) is 0. The monoisotopic (exact) mass is 629 g/mol. The van der Waals surface area contributed by atoms with E-state index in [2.05, 4.69) is 9.80 Å². The number of hydrogen-bond donors (Lipinski definition) is 2. The Kier molecular flexibility index (Phi) is 8.90. The van der Waals surface area contributed by atoms with Gasteiger partial charge in [-0.25, -0.2) is 4.79 Å². The van der Waals surface area contributed by atoms with Crippen LogP contribution in [0.5, 0.6) is 0 Å². The fourth-order valence-electron chi connectivity index (χ4n) is 8.68. The second-order valence-electron chi connectivity index (χ2n) is 13.8. The van der Waals surface area contributed by atoms with Gasteiger partial charge in [-0.05, 0) is 37.7 Å². The van der Waals surface area contributed by atoms with E-state index >= 15 is 0 Å². The van der Waals surface area contributed by atoms with Crippen LogP contribution in [0.25, 0.3) is 0 Å². The van der Waals surface area contributed by atoms with Gasteiger partial charge in [0, 0.05) is 89.2 Å². The predicted molar refractivity (Wildman–Crippen MR) is 162 cm³/mol. The number of ether oxygens (including phenoxy) is 4. The summed E-state index contributed by atoms with van der Waals surface area (Å²) in [6.07, 6.45) is 0.662. The number of ketones is 1. The van der Waals surface area contributed by atoms with Crippen LogP contribution in [0.15, 0.2) is 34.3 Å². The van der Waals surface area contributed by atoms with Gasteiger partial charge in [-0.3, -0.25) is 19.4 Å². The van der Waals surface area contributed by atoms with E-state index in [0.29, 0.717) is 43.5 Å². The standard InChI is InChI=1S/C33H47N3O9/c1-20(37)44-23-17-32(2)22(5-6-24(32)38)26-28(23)33(3)25(19-42-4)45-31(41)21(27(33)30(40)29(26)39)18-36-11-9-34(10-12-36)7-8-35-13-15-43-16-14-35/h18,22-25,38,40H,5-17,19H2,1-4H3. The number of fused-ring (bicyclic) bond motifs is 4. The van der Waals surface area contributed by atoms with Crippen LogP contribution < -0.4 is 0 Å². The number of aliphatic hydroxyl groups excluding tert-OH is 2. The lowest BCUT2D eigenvalue weighted by atomic mass is 9.53. The van der Waals surface area contributed by atoms with Crippen molar-refractivity contribution in [1.29, 1.82) is 0 Å². The van der Waals surface area contributed by atoms with Crippen LogP contribution in [0.2, 0.25) is 0 Å². The number of morpholine rings is 1. The fourth-order valence-corrected chi connectivity index (χ4v) is 8.68. The van der Waals surface area contributed by atoms with Crippen molar-refractivity contribution in [2.45, 2.75) is 58.3 Å². The van der Waals surface area contributed by atoms with Gasteiger partial charge < -0.3 is 34.1 Å². The highest BCUT2D eigenvalue weighted by Crippen LogP contribution is 2.63. The number of hydrogen-bond acceptors (Lipinski definition) is 12. The third-order valence-corrected chi connectivity index (χ3v) is 11.2. The molecule has 6 rings (SSSR count). The normalized spacial score (nSPS) is 37.0. The molecular weight excluding hydrogens is 582 g/mol. The molecule has 3 aliphatic heterocycles. The lowest BCUT2D eigenvalue weighted by Gasteiger charge is -2.54. The van der Waals surface area contributed by atoms with Crippen molar-refractivity contribution in [2.24, 2.45) is 16.7 Å². The third kappa shape index (κ3) is 5.52. The Morgan fingerprint density at radius 3 is 2.36 bits per heavy atom. The molecule has 4 fully saturated rings. The highest BCUT2D eigenvalue weighted by atomic mass is 16.6. The first kappa shape index (κ1) is 32.2. The number of esters is 2. The number of carbonyl (C=O) groups excluding carboxylic acids is 3. The molecule has 6 atom stereocenters. The summed E-state index contributed by atoms with van der Waals surface area (Å²) < 4.78 is 22.9. The van der Waals surface area contributed by atoms with Crippen LogP contribution in [-0.4, -0.2) is 140 Å². The molecule has 2 N–H and O–H groups in total. The molecule has 0 aromatic rings. The average molecular weight is 630 g/mol. The molecule has 0 bridgehead atoms. The van der Waals surface area contributed by atoms with Crippen molar-refractivity contribution in [1.82, 2.24) is 14.7 Å². The lowest BCUT2D eigenvalue weighted by molar-refractivity contribution is -0.161. The fraction of sp³-hybridized carbons (Fsp3) is 0.727. The molecule has 12 nitrogen and oxygen atoms in total. The summed E-state index contributed by atoms with van der Waals surface area (Å²) in [5.74, 6) is -2.57. The lowest BCUT2D eigenvalue weighted by Crippen LogP contribution is -2.57. The Morgan fingerprint density at radius 2 is 1.71 bits per heavy atom. The average Bonchev–Trinajstić information content (AvgIpc) is 3.31. The van der Waals surface area contributed by atoms with Gasteiger partial charge in [-0.2, -0.15) is 0 Å². The van der Waals surface area contributed by atoms with Crippen LogP contribution in [-0.2, 0) is 33.3 Å². The van der Waals surface area contributed by atoms with Crippen molar-refractivity contribution in [3.05, 3.63) is 34.3 Å². The van der Waals surface area contributed by atoms with Crippen LogP contribution in [0.1, 0.15) is 40.0 Å². The maximum atomic E-state index is 14.2. The van der Waals surface area contributed by atoms with E-state index in [0.717, 1.165) is 52.5 Å². The molecular formula is C33H47N3O9. The molecule has 6 unspecified atom stereocenters. The molecule has 1 saturated carbocycles. The van der Waals surface area contributed by atoms with E-state index in [1.54, 1.807) is 6.20 Å². The highest BCUT2D eigenvalue weighted by Gasteiger charge is 2.64. The third-order valence-electron chi connectivity index (χ3n) is 11.2. The highest BCUT2D eigenvalue weighted by molar-refractivity contribution is 6.13. The number of methoxy groups -OCH3 is 1. The second kappa shape index (κ2) is 12.4. The Morgan fingerprint density at radius 1 is 1.04 bits per heavy atom. The van der Waals surface area contributed by atoms with E-state index in [-0.39, 0.29) is 23.7 Å². The molecule has 0 amide bonds. The van der Waals surface area contributed by atoms with E-state index in [1.807, 2.05) is 18.7 Å². The van der Waals surface area contributed by atoms with Crippen molar-refractivity contribution in [3.63, 3.8) is 0 Å². The van der Waals surface area contributed by atoms with Crippen LogP contribution in [0, 0.1) is 16.7 Å². The van der Waals surface area contributed by atoms with Gasteiger partial charge in [-0.1, -0.05) is 6.92 Å². The maximum Gasteiger partial charge on any atom is 0.340 e. The van der Waals surface area contributed by atoms with Gasteiger partial charge >= 0.3 is 11.9 Å². The van der Waals surface area contributed by atoms with Crippen LogP contribution in [0.3, 0.4) is 0 Å². The molecule has 248 valence electrons. The number of Topliss-reactive ketones (excluding diaryl/α,β-unsaturated/α-hetero) is 1. The van der Waals surface area contributed by atoms with Crippen molar-refractivity contribution in [3.8, 4) is 0 Å². The molecule has 12 heteroatoms. The Balaban J connectivity index is 1.34. The first-order valence-electron chi connectivity index (χ1n) is 16.3. The van der Waals surface area contributed by atoms with Crippen LogP contribution >= 0.6 is 0 Å². The quantitative estimate of drug-likeness (QED) is 0.309. The Labute approximate surface area is 264 Å². The van der Waals surface area contributed by atoms with Gasteiger partial charge in [0.15, 0.2) is 5.76 Å². The number of aliphatic hydroxyl groups is 2. The zero-order chi connectivity index (χ0) is 32.1. The molecule has 0 radical (unpaired) electrons. The number of cyclic esters (lactones) is 1. The number of carbonyl (C=O) groups is 3. The summed E-state index contributed by atoms with van der Waals surface area (Å²) in [5, 5.41) is 22.8. The SMILES string of the molecule is COCC1OC(=O)C(=CN2CCN(CCN3CCOCC3)CC2)C2=C(O)C(=O)C3=C(C(OC(C)=O)CC4(C)C(O)CCC34)C21C. The van der Waals surface area contributed by atoms with Crippen molar-refractivity contribution in [2.75, 3.05) is 79.3 Å². The molecule has 6 aliphatic rings. The molecule has 0 aromatic heterocycles. The molecule has 3 aliphatic carbocycles. The predicted octanol–water partition coefficient (Wildman–Crippen LogP) is 1.20. The Bertz CT molecular complexity index is 1310. The topological polar surface area (TPSA) is 138 Å². The number of rotatable bonds is 7. The number of nitrogens with zero attached hydrogens (tertiary/aromatic N) is 3. The molecule has 0 aromatic carbocycles. The smallest absolute Gasteiger partial charge is 0.340 e. The Hall–Kier alpha value is -2.77. The van der Waals surface area contributed by atoms with Gasteiger partial charge in [0.25, 0.3) is 0 Å². The van der Waals surface area contributed by atoms with Gasteiger partial charge in [-0.15, -0.1) is 0 Å². The first-order chi connectivity index (χ1) is 21.5. The zero-order valence-corrected chi connectivity index (χ0v) is 26.9. The molecule has 3 saturated heterocycles. The minimum Gasteiger partial charge on any atom is -0.504 e. The summed E-state index contributed by atoms with van der Waals surface area (Å²) in [5.41, 5.74) is -0.699. The number of allylic oxidation sites excluding steroid dienone is 1. The summed E-state index contributed by atoms with van der Waals surface area (Å²) >= 11 is 0. The van der Waals surface area contributed by atoms with E-state index in [9.17, 15) is 24.6 Å². The minimum absolute atomic E-state index is 0.0104. The summed E-state index contributed by atoms with van der Waals surface area (Å²) in [6.45, 7) is 13.4. The molecule has 0 spiro atoms. The first-order valence-corrected chi connectivity index (χ1v) is 16.3. The summed E-state index contributed by atoms with van der Waals surface area (Å²) in [4.78, 5) is 47.1. The van der Waals surface area contributed by atoms with Crippen molar-refractivity contribution >= 4 is 17.7 Å². The molecule has 3 heterocycles. The van der Waals surface area contributed by atoms with E-state index in [1.165, 1.54) is 14.0 Å². The van der Waals surface area contributed by atoms with E-state index < -0.39 is 52.6 Å². The van der Waals surface area contributed by atoms with Gasteiger partial charge in [0.05, 0.1) is 36.9 Å². The van der Waals surface area contributed by atoms with Crippen LogP contribution in [0.4, 0.5) is 0 Å². The summed E-state index contributed by atoms with van der Waals surface area (Å²) in [7, 11) is 1.50. The molecule has 45 heavy (non-hydrogen) atoms. The van der Waals surface area contributed by atoms with E-state index in [4.69, 9.17) is 18.9 Å². The minimum atomic E-state index is -1.21. The largest absolute Gasteiger partial charge is 0.504 e. The number of piperazine rings is 1. The maximum absolute atomic E-state index is 14.2. The van der Waals surface area contributed by atoms with Gasteiger partial charge in [0.1, 0.15) is 12.2 Å². The van der Waals surface area contributed by atoms with Crippen molar-refractivity contribution < 1.29 is 43.5 Å². The van der Waals surface area contributed by atoms with Gasteiger partial charge in [0.2, 0.25) is 5.78 Å². The second-order valence-corrected chi connectivity index (χ2v) is 13.8.